The molecule has 3 heteroatoms. The van der Waals surface area contributed by atoms with Gasteiger partial charge in [0.05, 0.1) is 0 Å². The van der Waals surface area contributed by atoms with Gasteiger partial charge in [0, 0.05) is 0 Å². The zero-order valence-corrected chi connectivity index (χ0v) is 10.8. The van der Waals surface area contributed by atoms with Crippen molar-refractivity contribution >= 4 is 55.9 Å². The van der Waals surface area contributed by atoms with Crippen LogP contribution in [-0.4, -0.2) is 55.9 Å². The van der Waals surface area contributed by atoms with Gasteiger partial charge in [-0.25, -0.2) is 0 Å². The van der Waals surface area contributed by atoms with Crippen LogP contribution in [0.2, 0.25) is 10.1 Å². The van der Waals surface area contributed by atoms with Gasteiger partial charge in [0.2, 0.25) is 0 Å². The van der Waals surface area contributed by atoms with Crippen molar-refractivity contribution in [3.63, 3.8) is 0 Å². The Morgan fingerprint density at radius 2 is 2.00 bits per heavy atom. The molecule has 0 bridgehead atoms. The quantitative estimate of drug-likeness (QED) is 0.637. The Morgan fingerprint density at radius 3 is 2.40 bits per heavy atom. The van der Waals surface area contributed by atoms with E-state index in [0.717, 1.165) is 25.7 Å². The normalized spacial score (nSPS) is 33.2. The molecule has 10 heavy (non-hydrogen) atoms. The molecule has 0 amide bonds. The molecule has 0 nitrogen and oxygen atoms in total. The van der Waals surface area contributed by atoms with E-state index in [1.807, 2.05) is 0 Å². The second-order valence-electron chi connectivity index (χ2n) is 2.48. The van der Waals surface area contributed by atoms with Gasteiger partial charge in [-0.3, -0.25) is 0 Å². The Morgan fingerprint density at radius 1 is 1.20 bits per heavy atom. The first kappa shape index (κ1) is 9.39. The molecule has 0 aromatic carbocycles. The van der Waals surface area contributed by atoms with Gasteiger partial charge in [-0.1, -0.05) is 0 Å². The molecule has 1 saturated heterocycles. The number of rotatable bonds is 2. The van der Waals surface area contributed by atoms with Crippen LogP contribution in [-0.2, 0) is 0 Å². The van der Waals surface area contributed by atoms with Gasteiger partial charge in [-0.05, 0) is 0 Å². The fourth-order valence-corrected chi connectivity index (χ4v) is 5.64. The van der Waals surface area contributed by atoms with E-state index in [9.17, 15) is 0 Å². The van der Waals surface area contributed by atoms with Crippen molar-refractivity contribution in [3.8, 4) is 0 Å². The van der Waals surface area contributed by atoms with Gasteiger partial charge in [-0.2, -0.15) is 0 Å². The molecule has 2 atom stereocenters. The molecule has 56 valence electrons. The van der Waals surface area contributed by atoms with Crippen LogP contribution in [0.5, 0.6) is 0 Å². The van der Waals surface area contributed by atoms with Crippen LogP contribution in [0.15, 0.2) is 0 Å². The van der Waals surface area contributed by atoms with Crippen LogP contribution in [0, 0.1) is 5.92 Å². The maximum atomic E-state index is 3.02. The van der Waals surface area contributed by atoms with Gasteiger partial charge in [-0.15, -0.1) is 0 Å². The third-order valence-corrected chi connectivity index (χ3v) is 7.04. The van der Waals surface area contributed by atoms with Crippen LogP contribution in [0.25, 0.3) is 0 Å². The molecular weight excluding hydrogens is 321 g/mol. The molecule has 1 heterocycles. The molecular formula is C7H10Se3. The van der Waals surface area contributed by atoms with Crippen molar-refractivity contribution < 1.29 is 0 Å². The summed E-state index contributed by atoms with van der Waals surface area (Å²) in [6.07, 6.45) is 2.79. The van der Waals surface area contributed by atoms with Crippen molar-refractivity contribution in [1.29, 1.82) is 0 Å². The van der Waals surface area contributed by atoms with Gasteiger partial charge in [0.1, 0.15) is 0 Å². The van der Waals surface area contributed by atoms with E-state index in [-0.39, 0.29) is 0 Å². The molecule has 0 radical (unpaired) electrons. The second-order valence-corrected chi connectivity index (χ2v) is 6.29. The maximum absolute atomic E-state index is 3.02. The van der Waals surface area contributed by atoms with E-state index in [1.54, 1.807) is 0 Å². The Bertz CT molecular complexity index is 109. The summed E-state index contributed by atoms with van der Waals surface area (Å²) in [4.78, 5) is 5.43. The fourth-order valence-electron chi connectivity index (χ4n) is 1.01. The molecule has 0 spiro atoms. The number of hydrogen-bond donors (Lipinski definition) is 0. The Hall–Kier alpha value is 1.30. The molecule has 1 aliphatic rings. The van der Waals surface area contributed by atoms with E-state index in [4.69, 9.17) is 0 Å². The Labute approximate surface area is 84.4 Å². The van der Waals surface area contributed by atoms with Gasteiger partial charge < -0.3 is 0 Å². The minimum atomic E-state index is 0.856. The predicted octanol–water partition coefficient (Wildman–Crippen LogP) is 0.249. The zero-order valence-electron chi connectivity index (χ0n) is 5.66. The summed E-state index contributed by atoms with van der Waals surface area (Å²) in [5, 5.41) is 1.43. The Kier molecular flexibility index (Phi) is 4.73. The molecule has 0 aromatic rings. The summed E-state index contributed by atoms with van der Waals surface area (Å²) in [5.41, 5.74) is 0. The van der Waals surface area contributed by atoms with Gasteiger partial charge in [0.25, 0.3) is 0 Å². The average molecular weight is 331 g/mol. The average Bonchev–Trinajstić information content (AvgIpc) is 2.05. The van der Waals surface area contributed by atoms with Crippen LogP contribution in [0.3, 0.4) is 0 Å². The van der Waals surface area contributed by atoms with Crippen molar-refractivity contribution in [2.75, 3.05) is 0 Å². The molecule has 1 aliphatic heterocycles. The van der Waals surface area contributed by atoms with Crippen LogP contribution in [0.4, 0.5) is 0 Å². The molecule has 0 aromatic heterocycles. The van der Waals surface area contributed by atoms with E-state index < -0.39 is 0 Å². The van der Waals surface area contributed by atoms with E-state index >= 15 is 0 Å². The molecule has 0 N–H and O–H groups in total. The molecule has 1 fully saturated rings. The standard InChI is InChI=1S/C7H10Se3/c8-3-6-1-2-7(4-9)10-5-6/h3-4,6-7H,1-2,5H2. The van der Waals surface area contributed by atoms with Crippen molar-refractivity contribution in [3.05, 3.63) is 0 Å². The second kappa shape index (κ2) is 5.03. The van der Waals surface area contributed by atoms with Crippen molar-refractivity contribution in [2.24, 2.45) is 5.92 Å². The first-order valence-corrected chi connectivity index (χ1v) is 7.57. The SMILES string of the molecule is [Se]=CC1CCC(C=[Se])[Se]C1. The topological polar surface area (TPSA) is 0 Å². The first-order chi connectivity index (χ1) is 4.86. The summed E-state index contributed by atoms with van der Waals surface area (Å²) in [6.45, 7) is 0. The van der Waals surface area contributed by atoms with Gasteiger partial charge >= 0.3 is 84.8 Å². The summed E-state index contributed by atoms with van der Waals surface area (Å²) >= 11 is 6.89. The molecule has 0 aliphatic carbocycles. The predicted molar refractivity (Wildman–Crippen MR) is 50.7 cm³/mol. The zero-order chi connectivity index (χ0) is 7.40. The minimum absolute atomic E-state index is 0.856. The summed E-state index contributed by atoms with van der Waals surface area (Å²) in [6, 6.07) is 0. The summed E-state index contributed by atoms with van der Waals surface area (Å²) in [5.74, 6) is 0.885. The third kappa shape index (κ3) is 2.74. The fraction of sp³-hybridized carbons (Fsp3) is 0.714. The number of hydrogen-bond acceptors (Lipinski definition) is 0. The van der Waals surface area contributed by atoms with E-state index in [2.05, 4.69) is 41.0 Å². The van der Waals surface area contributed by atoms with Crippen LogP contribution >= 0.6 is 0 Å². The first-order valence-electron chi connectivity index (χ1n) is 3.39. The van der Waals surface area contributed by atoms with Gasteiger partial charge in [0.15, 0.2) is 0 Å². The van der Waals surface area contributed by atoms with E-state index in [1.165, 1.54) is 18.2 Å². The molecule has 0 saturated carbocycles. The van der Waals surface area contributed by atoms with Crippen LogP contribution < -0.4 is 0 Å². The Balaban J connectivity index is 2.30. The monoisotopic (exact) mass is 334 g/mol. The van der Waals surface area contributed by atoms with Crippen molar-refractivity contribution in [2.45, 2.75) is 23.0 Å². The summed E-state index contributed by atoms with van der Waals surface area (Å²) < 4.78 is 0. The molecule has 1 rings (SSSR count). The van der Waals surface area contributed by atoms with E-state index in [0.29, 0.717) is 0 Å². The summed E-state index contributed by atoms with van der Waals surface area (Å²) in [7, 11) is 0. The van der Waals surface area contributed by atoms with Crippen LogP contribution in [0.1, 0.15) is 12.8 Å². The third-order valence-electron chi connectivity index (χ3n) is 1.69. The van der Waals surface area contributed by atoms with Crippen molar-refractivity contribution in [1.82, 2.24) is 0 Å². The molecule has 2 unspecified atom stereocenters.